The normalized spacial score (nSPS) is 24.8. The molecule has 110 valence electrons. The van der Waals surface area contributed by atoms with E-state index in [1.807, 2.05) is 20.8 Å². The van der Waals surface area contributed by atoms with Crippen LogP contribution in [0.15, 0.2) is 0 Å². The number of aliphatic carboxylic acids is 1. The average Bonchev–Trinajstić information content (AvgIpc) is 2.75. The Morgan fingerprint density at radius 1 is 1.42 bits per heavy atom. The van der Waals surface area contributed by atoms with Crippen LogP contribution in [-0.2, 0) is 9.59 Å². The maximum atomic E-state index is 12.1. The van der Waals surface area contributed by atoms with Crippen molar-refractivity contribution in [3.8, 4) is 0 Å². The molecule has 0 aromatic rings. The molecule has 2 unspecified atom stereocenters. The van der Waals surface area contributed by atoms with Crippen molar-refractivity contribution in [1.82, 2.24) is 4.90 Å². The fourth-order valence-corrected chi connectivity index (χ4v) is 2.77. The first-order valence-electron chi connectivity index (χ1n) is 7.10. The van der Waals surface area contributed by atoms with Gasteiger partial charge in [0.25, 0.3) is 0 Å². The third kappa shape index (κ3) is 3.47. The van der Waals surface area contributed by atoms with Gasteiger partial charge in [0.15, 0.2) is 0 Å². The third-order valence-corrected chi connectivity index (χ3v) is 4.28. The Hall–Kier alpha value is -1.10. The van der Waals surface area contributed by atoms with Gasteiger partial charge in [-0.15, -0.1) is 0 Å². The highest BCUT2D eigenvalue weighted by atomic mass is 16.4. The highest BCUT2D eigenvalue weighted by Crippen LogP contribution is 2.38. The molecule has 19 heavy (non-hydrogen) atoms. The van der Waals surface area contributed by atoms with Gasteiger partial charge in [-0.05, 0) is 18.8 Å². The van der Waals surface area contributed by atoms with E-state index < -0.39 is 11.4 Å². The molecule has 5 heteroatoms. The standard InChI is InChI=1S/C14H26N2O3/c1-4-5-11(15)8-12(17)16-7-6-14(9-16,10(2)3)13(18)19/h10-11H,4-9,15H2,1-3H3,(H,18,19). The number of carbonyl (C=O) groups is 2. The van der Waals surface area contributed by atoms with Crippen LogP contribution in [0.25, 0.3) is 0 Å². The van der Waals surface area contributed by atoms with Crippen molar-refractivity contribution in [1.29, 1.82) is 0 Å². The molecule has 1 rings (SSSR count). The first-order chi connectivity index (χ1) is 8.83. The lowest BCUT2D eigenvalue weighted by Crippen LogP contribution is -2.41. The number of carboxylic acids is 1. The Morgan fingerprint density at radius 3 is 2.47 bits per heavy atom. The van der Waals surface area contributed by atoms with Gasteiger partial charge < -0.3 is 15.7 Å². The van der Waals surface area contributed by atoms with E-state index >= 15 is 0 Å². The molecule has 0 saturated carbocycles. The molecular formula is C14H26N2O3. The molecule has 1 amide bonds. The second kappa shape index (κ2) is 6.37. The average molecular weight is 270 g/mol. The van der Waals surface area contributed by atoms with Crippen molar-refractivity contribution < 1.29 is 14.7 Å². The summed E-state index contributed by atoms with van der Waals surface area (Å²) >= 11 is 0. The van der Waals surface area contributed by atoms with E-state index in [0.29, 0.717) is 25.9 Å². The molecular weight excluding hydrogens is 244 g/mol. The van der Waals surface area contributed by atoms with Gasteiger partial charge in [-0.3, -0.25) is 9.59 Å². The van der Waals surface area contributed by atoms with Crippen LogP contribution in [0, 0.1) is 11.3 Å². The zero-order chi connectivity index (χ0) is 14.6. The SMILES string of the molecule is CCCC(N)CC(=O)N1CCC(C(=O)O)(C(C)C)C1. The van der Waals surface area contributed by atoms with Gasteiger partial charge in [-0.2, -0.15) is 0 Å². The molecule has 1 fully saturated rings. The number of nitrogens with zero attached hydrogens (tertiary/aromatic N) is 1. The molecule has 5 nitrogen and oxygen atoms in total. The summed E-state index contributed by atoms with van der Waals surface area (Å²) in [5.74, 6) is -0.785. The van der Waals surface area contributed by atoms with E-state index in [-0.39, 0.29) is 17.9 Å². The molecule has 0 bridgehead atoms. The Kier molecular flexibility index (Phi) is 5.35. The summed E-state index contributed by atoms with van der Waals surface area (Å²) < 4.78 is 0. The van der Waals surface area contributed by atoms with Gasteiger partial charge in [0, 0.05) is 25.6 Å². The van der Waals surface area contributed by atoms with E-state index in [1.54, 1.807) is 4.90 Å². The van der Waals surface area contributed by atoms with E-state index in [2.05, 4.69) is 0 Å². The highest BCUT2D eigenvalue weighted by Gasteiger charge is 2.48. The fourth-order valence-electron chi connectivity index (χ4n) is 2.77. The molecule has 1 aliphatic rings. The summed E-state index contributed by atoms with van der Waals surface area (Å²) in [7, 11) is 0. The second-order valence-corrected chi connectivity index (χ2v) is 5.93. The van der Waals surface area contributed by atoms with Crippen molar-refractivity contribution in [3.63, 3.8) is 0 Å². The lowest BCUT2D eigenvalue weighted by atomic mass is 9.76. The lowest BCUT2D eigenvalue weighted by molar-refractivity contribution is -0.151. The maximum absolute atomic E-state index is 12.1. The van der Waals surface area contributed by atoms with Gasteiger partial charge >= 0.3 is 5.97 Å². The molecule has 3 N–H and O–H groups in total. The maximum Gasteiger partial charge on any atom is 0.311 e. The van der Waals surface area contributed by atoms with Crippen LogP contribution >= 0.6 is 0 Å². The lowest BCUT2D eigenvalue weighted by Gasteiger charge is -2.28. The molecule has 0 radical (unpaired) electrons. The van der Waals surface area contributed by atoms with Gasteiger partial charge in [-0.25, -0.2) is 0 Å². The molecule has 1 saturated heterocycles. The Bertz CT molecular complexity index is 344. The predicted octanol–water partition coefficient (Wildman–Crippen LogP) is 1.46. The molecule has 2 atom stereocenters. The van der Waals surface area contributed by atoms with E-state index in [4.69, 9.17) is 5.73 Å². The summed E-state index contributed by atoms with van der Waals surface area (Å²) in [6, 6.07) is -0.114. The number of carbonyl (C=O) groups excluding carboxylic acids is 1. The summed E-state index contributed by atoms with van der Waals surface area (Å²) in [5, 5.41) is 9.44. The number of carboxylic acid groups (broad SMARTS) is 1. The van der Waals surface area contributed by atoms with Crippen molar-refractivity contribution in [2.75, 3.05) is 13.1 Å². The molecule has 0 aromatic heterocycles. The van der Waals surface area contributed by atoms with Crippen molar-refractivity contribution in [3.05, 3.63) is 0 Å². The molecule has 1 heterocycles. The highest BCUT2D eigenvalue weighted by molar-refractivity contribution is 5.81. The minimum absolute atomic E-state index is 0.00951. The zero-order valence-electron chi connectivity index (χ0n) is 12.2. The van der Waals surface area contributed by atoms with Crippen LogP contribution in [0.5, 0.6) is 0 Å². The van der Waals surface area contributed by atoms with Crippen LogP contribution in [0.1, 0.15) is 46.5 Å². The van der Waals surface area contributed by atoms with Crippen LogP contribution in [0.3, 0.4) is 0 Å². The monoisotopic (exact) mass is 270 g/mol. The van der Waals surface area contributed by atoms with Crippen molar-refractivity contribution >= 4 is 11.9 Å². The first-order valence-corrected chi connectivity index (χ1v) is 7.10. The predicted molar refractivity (Wildman–Crippen MR) is 73.6 cm³/mol. The van der Waals surface area contributed by atoms with E-state index in [1.165, 1.54) is 0 Å². The van der Waals surface area contributed by atoms with Gasteiger partial charge in [-0.1, -0.05) is 27.2 Å². The van der Waals surface area contributed by atoms with Gasteiger partial charge in [0.2, 0.25) is 5.91 Å². The summed E-state index contributed by atoms with van der Waals surface area (Å²) in [4.78, 5) is 25.3. The number of hydrogen-bond acceptors (Lipinski definition) is 3. The quantitative estimate of drug-likeness (QED) is 0.765. The Balaban J connectivity index is 2.64. The molecule has 0 spiro atoms. The fraction of sp³-hybridized carbons (Fsp3) is 0.857. The van der Waals surface area contributed by atoms with Crippen LogP contribution < -0.4 is 5.73 Å². The Labute approximate surface area is 115 Å². The zero-order valence-corrected chi connectivity index (χ0v) is 12.2. The topological polar surface area (TPSA) is 83.6 Å². The number of likely N-dealkylation sites (tertiary alicyclic amines) is 1. The third-order valence-electron chi connectivity index (χ3n) is 4.28. The van der Waals surface area contributed by atoms with Crippen LogP contribution in [-0.4, -0.2) is 41.0 Å². The summed E-state index contributed by atoms with van der Waals surface area (Å²) in [6.07, 6.45) is 2.64. The van der Waals surface area contributed by atoms with Crippen LogP contribution in [0.4, 0.5) is 0 Å². The number of nitrogens with two attached hydrogens (primary N) is 1. The van der Waals surface area contributed by atoms with Crippen LogP contribution in [0.2, 0.25) is 0 Å². The number of rotatable bonds is 6. The van der Waals surface area contributed by atoms with E-state index in [9.17, 15) is 14.7 Å². The Morgan fingerprint density at radius 2 is 2.05 bits per heavy atom. The summed E-state index contributed by atoms with van der Waals surface area (Å²) in [6.45, 7) is 6.70. The molecule has 0 aliphatic carbocycles. The van der Waals surface area contributed by atoms with Crippen molar-refractivity contribution in [2.24, 2.45) is 17.1 Å². The molecule has 0 aromatic carbocycles. The van der Waals surface area contributed by atoms with Gasteiger partial charge in [0.1, 0.15) is 0 Å². The van der Waals surface area contributed by atoms with Crippen molar-refractivity contribution in [2.45, 2.75) is 52.5 Å². The molecule has 1 aliphatic heterocycles. The van der Waals surface area contributed by atoms with Gasteiger partial charge in [0.05, 0.1) is 5.41 Å². The van der Waals surface area contributed by atoms with E-state index in [0.717, 1.165) is 12.8 Å². The minimum Gasteiger partial charge on any atom is -0.481 e. The summed E-state index contributed by atoms with van der Waals surface area (Å²) in [5.41, 5.74) is 5.09. The first kappa shape index (κ1) is 16.0. The smallest absolute Gasteiger partial charge is 0.311 e. The minimum atomic E-state index is -0.796. The largest absolute Gasteiger partial charge is 0.481 e. The number of amides is 1. The second-order valence-electron chi connectivity index (χ2n) is 5.93. The number of hydrogen-bond donors (Lipinski definition) is 2.